The maximum atomic E-state index is 11.2. The van der Waals surface area contributed by atoms with Crippen molar-refractivity contribution >= 4 is 5.97 Å². The van der Waals surface area contributed by atoms with Gasteiger partial charge in [-0.25, -0.2) is 4.79 Å². The molecule has 1 aromatic carbocycles. The summed E-state index contributed by atoms with van der Waals surface area (Å²) in [5.41, 5.74) is 3.34. The second kappa shape index (κ2) is 6.55. The van der Waals surface area contributed by atoms with E-state index in [1.165, 1.54) is 5.56 Å². The highest BCUT2D eigenvalue weighted by Crippen LogP contribution is 2.14. The van der Waals surface area contributed by atoms with E-state index in [-0.39, 0.29) is 0 Å². The SMILES string of the molecule is Cc1ccc(CC(OCC(C)C)C(=O)O)c(C)c1. The molecule has 0 aliphatic rings. The lowest BCUT2D eigenvalue weighted by Gasteiger charge is -2.16. The molecule has 0 saturated carbocycles. The van der Waals surface area contributed by atoms with E-state index in [2.05, 4.69) is 6.07 Å². The van der Waals surface area contributed by atoms with E-state index >= 15 is 0 Å². The minimum absolute atomic E-state index is 0.339. The lowest BCUT2D eigenvalue weighted by atomic mass is 10.0. The van der Waals surface area contributed by atoms with E-state index < -0.39 is 12.1 Å². The number of aliphatic carboxylic acids is 1. The zero-order chi connectivity index (χ0) is 13.7. The van der Waals surface area contributed by atoms with E-state index in [1.807, 2.05) is 39.8 Å². The van der Waals surface area contributed by atoms with E-state index in [1.54, 1.807) is 0 Å². The highest BCUT2D eigenvalue weighted by atomic mass is 16.5. The molecule has 0 aliphatic heterocycles. The first-order chi connectivity index (χ1) is 8.40. The van der Waals surface area contributed by atoms with Gasteiger partial charge >= 0.3 is 5.97 Å². The van der Waals surface area contributed by atoms with Gasteiger partial charge < -0.3 is 9.84 Å². The summed E-state index contributed by atoms with van der Waals surface area (Å²) in [6, 6.07) is 6.06. The van der Waals surface area contributed by atoms with E-state index in [0.29, 0.717) is 18.9 Å². The van der Waals surface area contributed by atoms with Crippen LogP contribution in [0.3, 0.4) is 0 Å². The van der Waals surface area contributed by atoms with Gasteiger partial charge in [0.25, 0.3) is 0 Å². The molecule has 0 aliphatic carbocycles. The Morgan fingerprint density at radius 2 is 2.00 bits per heavy atom. The Morgan fingerprint density at radius 1 is 1.33 bits per heavy atom. The molecular formula is C15H22O3. The zero-order valence-corrected chi connectivity index (χ0v) is 11.6. The Kier molecular flexibility index (Phi) is 5.35. The summed E-state index contributed by atoms with van der Waals surface area (Å²) in [6.45, 7) is 8.53. The van der Waals surface area contributed by atoms with Crippen molar-refractivity contribution in [3.05, 3.63) is 34.9 Å². The number of aryl methyl sites for hydroxylation is 2. The molecule has 0 saturated heterocycles. The van der Waals surface area contributed by atoms with Gasteiger partial charge in [-0.2, -0.15) is 0 Å². The number of ether oxygens (including phenoxy) is 1. The van der Waals surface area contributed by atoms with Crippen LogP contribution in [-0.2, 0) is 16.0 Å². The molecule has 1 unspecified atom stereocenters. The molecule has 0 radical (unpaired) electrons. The minimum atomic E-state index is -0.893. The summed E-state index contributed by atoms with van der Waals surface area (Å²) in [4.78, 5) is 11.2. The number of hydrogen-bond donors (Lipinski definition) is 1. The predicted molar refractivity (Wildman–Crippen MR) is 71.8 cm³/mol. The smallest absolute Gasteiger partial charge is 0.333 e. The quantitative estimate of drug-likeness (QED) is 0.844. The molecule has 1 aromatic rings. The van der Waals surface area contributed by atoms with Crippen LogP contribution < -0.4 is 0 Å². The van der Waals surface area contributed by atoms with Crippen LogP contribution in [-0.4, -0.2) is 23.8 Å². The summed E-state index contributed by atoms with van der Waals surface area (Å²) in [5, 5.41) is 9.17. The molecular weight excluding hydrogens is 228 g/mol. The highest BCUT2D eigenvalue weighted by Gasteiger charge is 2.19. The molecule has 100 valence electrons. The lowest BCUT2D eigenvalue weighted by molar-refractivity contribution is -0.150. The van der Waals surface area contributed by atoms with Crippen LogP contribution in [0.1, 0.15) is 30.5 Å². The molecule has 0 amide bonds. The van der Waals surface area contributed by atoms with Crippen molar-refractivity contribution in [3.63, 3.8) is 0 Å². The fraction of sp³-hybridized carbons (Fsp3) is 0.533. The molecule has 3 heteroatoms. The van der Waals surface area contributed by atoms with E-state index in [4.69, 9.17) is 9.84 Å². The summed E-state index contributed by atoms with van der Waals surface area (Å²) in [7, 11) is 0. The molecule has 3 nitrogen and oxygen atoms in total. The highest BCUT2D eigenvalue weighted by molar-refractivity contribution is 5.72. The van der Waals surface area contributed by atoms with Gasteiger partial charge in [0, 0.05) is 6.42 Å². The Balaban J connectivity index is 2.73. The third-order valence-electron chi connectivity index (χ3n) is 2.81. The molecule has 0 fully saturated rings. The van der Waals surface area contributed by atoms with Crippen LogP contribution in [0.5, 0.6) is 0 Å². The second-order valence-electron chi connectivity index (χ2n) is 5.19. The van der Waals surface area contributed by atoms with Gasteiger partial charge in [-0.3, -0.25) is 0 Å². The first-order valence-corrected chi connectivity index (χ1v) is 6.30. The Bertz CT molecular complexity index is 410. The van der Waals surface area contributed by atoms with Crippen LogP contribution in [0.4, 0.5) is 0 Å². The fourth-order valence-corrected chi connectivity index (χ4v) is 1.80. The standard InChI is InChI=1S/C15H22O3/c1-10(2)9-18-14(15(16)17)8-13-6-5-11(3)7-12(13)4/h5-7,10,14H,8-9H2,1-4H3,(H,16,17). The van der Waals surface area contributed by atoms with Crippen LogP contribution >= 0.6 is 0 Å². The van der Waals surface area contributed by atoms with Crippen molar-refractivity contribution < 1.29 is 14.6 Å². The van der Waals surface area contributed by atoms with Crippen molar-refractivity contribution in [2.45, 2.75) is 40.2 Å². The topological polar surface area (TPSA) is 46.5 Å². The zero-order valence-electron chi connectivity index (χ0n) is 11.6. The van der Waals surface area contributed by atoms with Crippen LogP contribution in [0.15, 0.2) is 18.2 Å². The molecule has 1 rings (SSSR count). The van der Waals surface area contributed by atoms with Crippen LogP contribution in [0.2, 0.25) is 0 Å². The van der Waals surface area contributed by atoms with Gasteiger partial charge in [-0.05, 0) is 30.9 Å². The molecule has 1 N–H and O–H groups in total. The molecule has 18 heavy (non-hydrogen) atoms. The molecule has 1 atom stereocenters. The summed E-state index contributed by atoms with van der Waals surface area (Å²) >= 11 is 0. The number of carboxylic acid groups (broad SMARTS) is 1. The molecule has 0 spiro atoms. The summed E-state index contributed by atoms with van der Waals surface area (Å²) in [6.07, 6.45) is -0.331. The van der Waals surface area contributed by atoms with Gasteiger partial charge in [0.15, 0.2) is 6.10 Å². The van der Waals surface area contributed by atoms with Crippen molar-refractivity contribution in [1.82, 2.24) is 0 Å². The van der Waals surface area contributed by atoms with Gasteiger partial charge in [0.1, 0.15) is 0 Å². The maximum Gasteiger partial charge on any atom is 0.333 e. The summed E-state index contributed by atoms with van der Waals surface area (Å²) in [5.74, 6) is -0.554. The second-order valence-corrected chi connectivity index (χ2v) is 5.19. The Hall–Kier alpha value is -1.35. The third kappa shape index (κ3) is 4.49. The summed E-state index contributed by atoms with van der Waals surface area (Å²) < 4.78 is 5.45. The molecule has 0 bridgehead atoms. The minimum Gasteiger partial charge on any atom is -0.479 e. The number of hydrogen-bond acceptors (Lipinski definition) is 2. The maximum absolute atomic E-state index is 11.2. The lowest BCUT2D eigenvalue weighted by Crippen LogP contribution is -2.28. The van der Waals surface area contributed by atoms with Crippen LogP contribution in [0.25, 0.3) is 0 Å². The molecule has 0 aromatic heterocycles. The first kappa shape index (κ1) is 14.7. The Morgan fingerprint density at radius 3 is 2.50 bits per heavy atom. The molecule has 0 heterocycles. The van der Waals surface area contributed by atoms with Crippen LogP contribution in [0, 0.1) is 19.8 Å². The number of benzene rings is 1. The van der Waals surface area contributed by atoms with Crippen molar-refractivity contribution in [2.75, 3.05) is 6.61 Å². The van der Waals surface area contributed by atoms with Gasteiger partial charge in [0.05, 0.1) is 6.61 Å². The first-order valence-electron chi connectivity index (χ1n) is 6.30. The largest absolute Gasteiger partial charge is 0.479 e. The average molecular weight is 250 g/mol. The van der Waals surface area contributed by atoms with Gasteiger partial charge in [-0.15, -0.1) is 0 Å². The number of carbonyl (C=O) groups is 1. The Labute approximate surface area is 109 Å². The van der Waals surface area contributed by atoms with E-state index in [0.717, 1.165) is 11.1 Å². The predicted octanol–water partition coefficient (Wildman–Crippen LogP) is 2.97. The fourth-order valence-electron chi connectivity index (χ4n) is 1.80. The monoisotopic (exact) mass is 250 g/mol. The average Bonchev–Trinajstić information content (AvgIpc) is 2.26. The van der Waals surface area contributed by atoms with Crippen molar-refractivity contribution in [3.8, 4) is 0 Å². The van der Waals surface area contributed by atoms with Crippen molar-refractivity contribution in [2.24, 2.45) is 5.92 Å². The third-order valence-corrected chi connectivity index (χ3v) is 2.81. The van der Waals surface area contributed by atoms with Gasteiger partial charge in [0.2, 0.25) is 0 Å². The number of rotatable bonds is 6. The number of carboxylic acids is 1. The normalized spacial score (nSPS) is 12.7. The van der Waals surface area contributed by atoms with Gasteiger partial charge in [-0.1, -0.05) is 37.6 Å². The van der Waals surface area contributed by atoms with E-state index in [9.17, 15) is 4.79 Å². The van der Waals surface area contributed by atoms with Crippen molar-refractivity contribution in [1.29, 1.82) is 0 Å².